The Morgan fingerprint density at radius 2 is 1.39 bits per heavy atom. The zero-order valence-electron chi connectivity index (χ0n) is 23.4. The molecule has 2 heterocycles. The molecule has 6 aromatic rings. The van der Waals surface area contributed by atoms with Gasteiger partial charge in [0.1, 0.15) is 12.4 Å². The molecule has 0 aliphatic carbocycles. The predicted octanol–water partition coefficient (Wildman–Crippen LogP) is 7.61. The zero-order valence-corrected chi connectivity index (χ0v) is 23.4. The fourth-order valence-corrected chi connectivity index (χ4v) is 5.36. The Hall–Kier alpha value is -6.02. The summed E-state index contributed by atoms with van der Waals surface area (Å²) in [5.41, 5.74) is 3.87. The highest BCUT2D eigenvalue weighted by Crippen LogP contribution is 2.39. The number of amides is 1. The molecule has 5 aromatic carbocycles. The lowest BCUT2D eigenvalue weighted by molar-refractivity contribution is 0.0696. The van der Waals surface area contributed by atoms with Gasteiger partial charge in [-0.1, -0.05) is 66.7 Å². The maximum absolute atomic E-state index is 14.5. The highest BCUT2D eigenvalue weighted by molar-refractivity contribution is 6.17. The Balaban J connectivity index is 1.30. The van der Waals surface area contributed by atoms with E-state index >= 15 is 0 Å². The Kier molecular flexibility index (Phi) is 6.92. The van der Waals surface area contributed by atoms with Gasteiger partial charge in [0.15, 0.2) is 11.5 Å². The van der Waals surface area contributed by atoms with Crippen LogP contribution in [0.15, 0.2) is 128 Å². The van der Waals surface area contributed by atoms with Crippen molar-refractivity contribution in [2.45, 2.75) is 6.61 Å². The molecule has 1 N–H and O–H groups in total. The van der Waals surface area contributed by atoms with E-state index in [1.165, 1.54) is 6.07 Å². The van der Waals surface area contributed by atoms with Gasteiger partial charge >= 0.3 is 5.97 Å². The number of nitrogens with zero attached hydrogens (tertiary/aromatic N) is 2. The lowest BCUT2D eigenvalue weighted by Crippen LogP contribution is -2.25. The van der Waals surface area contributed by atoms with Crippen molar-refractivity contribution >= 4 is 34.2 Å². The minimum atomic E-state index is -1.12. The highest BCUT2D eigenvalue weighted by atomic mass is 16.7. The topological polar surface area (TPSA) is 90.2 Å². The molecule has 8 nitrogen and oxygen atoms in total. The molecule has 0 saturated heterocycles. The Morgan fingerprint density at radius 1 is 0.750 bits per heavy atom. The number of ether oxygens (including phenoxy) is 3. The van der Waals surface area contributed by atoms with Gasteiger partial charge in [0, 0.05) is 35.1 Å². The third-order valence-corrected chi connectivity index (χ3v) is 7.48. The molecule has 0 saturated carbocycles. The second-order valence-corrected chi connectivity index (χ2v) is 10.2. The number of aromatic carboxylic acids is 1. The highest BCUT2D eigenvalue weighted by Gasteiger charge is 2.27. The number of carbonyl (C=O) groups excluding carboxylic acids is 1. The number of carboxylic acid groups (broad SMARTS) is 1. The van der Waals surface area contributed by atoms with Crippen molar-refractivity contribution in [2.24, 2.45) is 0 Å². The van der Waals surface area contributed by atoms with Gasteiger partial charge in [0.2, 0.25) is 6.79 Å². The average Bonchev–Trinajstić information content (AvgIpc) is 3.69. The fourth-order valence-electron chi connectivity index (χ4n) is 5.36. The number of anilines is 2. The molecular weight excluding hydrogens is 556 g/mol. The molecule has 0 atom stereocenters. The first kappa shape index (κ1) is 26.9. The van der Waals surface area contributed by atoms with Crippen LogP contribution >= 0.6 is 0 Å². The lowest BCUT2D eigenvalue weighted by atomic mass is 10.1. The number of hydrogen-bond donors (Lipinski definition) is 1. The maximum Gasteiger partial charge on any atom is 0.337 e. The molecule has 1 aliphatic heterocycles. The average molecular weight is 583 g/mol. The Labute approximate surface area is 252 Å². The van der Waals surface area contributed by atoms with Crippen molar-refractivity contribution in [2.75, 3.05) is 11.7 Å². The third-order valence-electron chi connectivity index (χ3n) is 7.48. The Bertz CT molecular complexity index is 1990. The largest absolute Gasteiger partial charge is 0.489 e. The summed E-state index contributed by atoms with van der Waals surface area (Å²) in [5, 5.41) is 10.7. The van der Waals surface area contributed by atoms with E-state index in [1.54, 1.807) is 21.7 Å². The van der Waals surface area contributed by atoms with E-state index in [9.17, 15) is 14.7 Å². The molecule has 0 fully saturated rings. The van der Waals surface area contributed by atoms with E-state index in [0.717, 1.165) is 5.56 Å². The normalized spacial score (nSPS) is 11.8. The molecule has 44 heavy (non-hydrogen) atoms. The summed E-state index contributed by atoms with van der Waals surface area (Å²) in [6, 6.07) is 37.2. The van der Waals surface area contributed by atoms with Gasteiger partial charge in [-0.05, 0) is 48.0 Å². The molecule has 0 bridgehead atoms. The molecule has 1 aromatic heterocycles. The molecular formula is C36H26N2O6. The van der Waals surface area contributed by atoms with Crippen LogP contribution in [0.25, 0.3) is 16.6 Å². The molecule has 1 amide bonds. The van der Waals surface area contributed by atoms with Crippen LogP contribution in [-0.2, 0) is 6.61 Å². The summed E-state index contributed by atoms with van der Waals surface area (Å²) < 4.78 is 18.7. The number of hydrogen-bond acceptors (Lipinski definition) is 5. The van der Waals surface area contributed by atoms with E-state index in [2.05, 4.69) is 0 Å². The van der Waals surface area contributed by atoms with Crippen LogP contribution in [0.2, 0.25) is 0 Å². The van der Waals surface area contributed by atoms with Crippen LogP contribution in [0, 0.1) is 0 Å². The van der Waals surface area contributed by atoms with Crippen molar-refractivity contribution in [3.8, 4) is 22.9 Å². The number of fused-ring (bicyclic) bond motifs is 2. The van der Waals surface area contributed by atoms with Crippen molar-refractivity contribution in [1.29, 1.82) is 0 Å². The predicted molar refractivity (Wildman–Crippen MR) is 166 cm³/mol. The summed E-state index contributed by atoms with van der Waals surface area (Å²) in [5.74, 6) is 0.0892. The van der Waals surface area contributed by atoms with E-state index < -0.39 is 5.97 Å². The summed E-state index contributed by atoms with van der Waals surface area (Å²) in [6.45, 7) is 0.440. The molecule has 7 rings (SSSR count). The molecule has 0 radical (unpaired) electrons. The van der Waals surface area contributed by atoms with Crippen molar-refractivity contribution in [3.63, 3.8) is 0 Å². The maximum atomic E-state index is 14.5. The van der Waals surface area contributed by atoms with Gasteiger partial charge < -0.3 is 23.9 Å². The molecule has 1 aliphatic rings. The first-order chi connectivity index (χ1) is 21.6. The van der Waals surface area contributed by atoms with Crippen LogP contribution in [0.3, 0.4) is 0 Å². The second kappa shape index (κ2) is 11.3. The number of rotatable bonds is 8. The third kappa shape index (κ3) is 4.98. The van der Waals surface area contributed by atoms with E-state index in [-0.39, 0.29) is 18.3 Å². The van der Waals surface area contributed by atoms with Crippen LogP contribution in [0.5, 0.6) is 17.2 Å². The lowest BCUT2D eigenvalue weighted by Gasteiger charge is -2.23. The number of carboxylic acids is 1. The number of benzene rings is 5. The molecule has 8 heteroatoms. The minimum Gasteiger partial charge on any atom is -0.489 e. The summed E-state index contributed by atoms with van der Waals surface area (Å²) >= 11 is 0. The smallest absolute Gasteiger partial charge is 0.337 e. The number of aromatic nitrogens is 1. The van der Waals surface area contributed by atoms with Gasteiger partial charge in [-0.2, -0.15) is 0 Å². The van der Waals surface area contributed by atoms with Gasteiger partial charge in [-0.15, -0.1) is 0 Å². The summed E-state index contributed by atoms with van der Waals surface area (Å²) in [7, 11) is 0. The summed E-state index contributed by atoms with van der Waals surface area (Å²) in [4.78, 5) is 28.5. The number of carbonyl (C=O) groups is 2. The van der Waals surface area contributed by atoms with Gasteiger partial charge in [-0.3, -0.25) is 9.69 Å². The van der Waals surface area contributed by atoms with E-state index in [4.69, 9.17) is 14.2 Å². The SMILES string of the molecule is O=C(O)c1cc2c(cc1-n1cc(C(=O)N(c3ccccc3)c3ccc(OCc4ccccc4)cc3)c3ccccc31)OCO2. The fraction of sp³-hybridized carbons (Fsp3) is 0.0556. The van der Waals surface area contributed by atoms with Crippen LogP contribution < -0.4 is 19.1 Å². The Morgan fingerprint density at radius 3 is 2.11 bits per heavy atom. The van der Waals surface area contributed by atoms with Gasteiger partial charge in [0.05, 0.1) is 22.3 Å². The first-order valence-electron chi connectivity index (χ1n) is 14.0. The van der Waals surface area contributed by atoms with Gasteiger partial charge in [0.25, 0.3) is 5.91 Å². The standard InChI is InChI=1S/C36H26N2O6/c39-35(38(25-11-5-2-6-12-25)26-15-17-27(18-16-26)42-22-24-9-3-1-4-10-24)30-21-37(31-14-8-7-13-28(30)31)32-20-34-33(43-23-44-34)19-29(32)36(40)41/h1-21H,22-23H2,(H,40,41). The second-order valence-electron chi connectivity index (χ2n) is 10.2. The molecule has 0 unspecified atom stereocenters. The quantitative estimate of drug-likeness (QED) is 0.199. The monoisotopic (exact) mass is 582 g/mol. The number of para-hydroxylation sites is 2. The zero-order chi connectivity index (χ0) is 30.0. The van der Waals surface area contributed by atoms with E-state index in [0.29, 0.717) is 57.4 Å². The van der Waals surface area contributed by atoms with Crippen LogP contribution in [-0.4, -0.2) is 28.3 Å². The first-order valence-corrected chi connectivity index (χ1v) is 14.0. The molecule has 0 spiro atoms. The van der Waals surface area contributed by atoms with Crippen molar-refractivity contribution in [3.05, 3.63) is 144 Å². The van der Waals surface area contributed by atoms with E-state index in [1.807, 2.05) is 109 Å². The van der Waals surface area contributed by atoms with Crippen molar-refractivity contribution < 1.29 is 28.9 Å². The molecule has 216 valence electrons. The van der Waals surface area contributed by atoms with Gasteiger partial charge in [-0.25, -0.2) is 4.79 Å². The minimum absolute atomic E-state index is 0.0100. The van der Waals surface area contributed by atoms with Crippen molar-refractivity contribution in [1.82, 2.24) is 4.57 Å². The van der Waals surface area contributed by atoms with Crippen LogP contribution in [0.4, 0.5) is 11.4 Å². The van der Waals surface area contributed by atoms with Crippen LogP contribution in [0.1, 0.15) is 26.3 Å². The summed E-state index contributed by atoms with van der Waals surface area (Å²) in [6.07, 6.45) is 1.68.